The zero-order valence-electron chi connectivity index (χ0n) is 7.87. The Hall–Kier alpha value is 0.0400. The zero-order chi connectivity index (χ0) is 9.52. The molecule has 13 heavy (non-hydrogen) atoms. The van der Waals surface area contributed by atoms with Gasteiger partial charge in [-0.3, -0.25) is 4.68 Å². The molecule has 4 heteroatoms. The van der Waals surface area contributed by atoms with Crippen molar-refractivity contribution in [3.05, 3.63) is 12.4 Å². The summed E-state index contributed by atoms with van der Waals surface area (Å²) in [5, 5.41) is 5.25. The minimum atomic E-state index is 1.13. The number of unbranched alkanes of at least 4 members (excludes halogenated alkanes) is 2. The third-order valence-electron chi connectivity index (χ3n) is 1.73. The Morgan fingerprint density at radius 2 is 2.31 bits per heavy atom. The van der Waals surface area contributed by atoms with Gasteiger partial charge in [-0.15, -0.1) is 11.8 Å². The molecule has 0 spiro atoms. The van der Waals surface area contributed by atoms with Crippen molar-refractivity contribution in [3.8, 4) is 0 Å². The van der Waals surface area contributed by atoms with Crippen LogP contribution in [0.2, 0.25) is 0 Å². The molecular formula is C9H15BrN2S. The van der Waals surface area contributed by atoms with Gasteiger partial charge >= 0.3 is 0 Å². The molecule has 0 radical (unpaired) electrons. The largest absolute Gasteiger partial charge is 0.275 e. The summed E-state index contributed by atoms with van der Waals surface area (Å²) in [6.45, 7) is 0. The second kappa shape index (κ2) is 6.49. The highest BCUT2D eigenvalue weighted by Gasteiger charge is 1.96. The van der Waals surface area contributed by atoms with Crippen LogP contribution in [0.5, 0.6) is 0 Å². The molecule has 0 aliphatic carbocycles. The molecule has 1 heterocycles. The first kappa shape index (κ1) is 11.1. The molecule has 0 saturated heterocycles. The topological polar surface area (TPSA) is 17.8 Å². The van der Waals surface area contributed by atoms with E-state index >= 15 is 0 Å². The predicted molar refractivity (Wildman–Crippen MR) is 61.6 cm³/mol. The summed E-state index contributed by atoms with van der Waals surface area (Å²) in [6, 6.07) is 0. The van der Waals surface area contributed by atoms with Crippen molar-refractivity contribution in [2.45, 2.75) is 24.2 Å². The van der Waals surface area contributed by atoms with Gasteiger partial charge in [0.05, 0.1) is 6.20 Å². The van der Waals surface area contributed by atoms with Gasteiger partial charge in [0.2, 0.25) is 0 Å². The molecule has 0 amide bonds. The second-order valence-corrected chi connectivity index (χ2v) is 4.91. The van der Waals surface area contributed by atoms with Gasteiger partial charge in [0.1, 0.15) is 0 Å². The molecule has 0 aliphatic heterocycles. The molecule has 0 N–H and O–H groups in total. The molecule has 0 bridgehead atoms. The predicted octanol–water partition coefficient (Wildman–Crippen LogP) is 3.08. The van der Waals surface area contributed by atoms with Crippen LogP contribution < -0.4 is 0 Å². The summed E-state index contributed by atoms with van der Waals surface area (Å²) in [5.41, 5.74) is 0. The van der Waals surface area contributed by atoms with Crippen LogP contribution in [0.25, 0.3) is 0 Å². The monoisotopic (exact) mass is 262 g/mol. The lowest BCUT2D eigenvalue weighted by molar-refractivity contribution is 0.766. The molecule has 74 valence electrons. The summed E-state index contributed by atoms with van der Waals surface area (Å²) in [5.74, 6) is 1.21. The highest BCUT2D eigenvalue weighted by atomic mass is 79.9. The Labute approximate surface area is 92.2 Å². The van der Waals surface area contributed by atoms with Gasteiger partial charge in [-0.1, -0.05) is 22.4 Å². The first-order valence-electron chi connectivity index (χ1n) is 4.50. The number of thioether (sulfide) groups is 1. The summed E-state index contributed by atoms with van der Waals surface area (Å²) < 4.78 is 1.85. The van der Waals surface area contributed by atoms with Crippen molar-refractivity contribution in [3.63, 3.8) is 0 Å². The van der Waals surface area contributed by atoms with Crippen LogP contribution in [0.1, 0.15) is 19.3 Å². The van der Waals surface area contributed by atoms with Gasteiger partial charge in [-0.2, -0.15) is 5.10 Å². The molecule has 0 unspecified atom stereocenters. The van der Waals surface area contributed by atoms with E-state index in [-0.39, 0.29) is 0 Å². The average molecular weight is 263 g/mol. The molecule has 2 nitrogen and oxygen atoms in total. The maximum absolute atomic E-state index is 4.12. The molecule has 1 rings (SSSR count). The highest BCUT2D eigenvalue weighted by molar-refractivity contribution is 9.09. The van der Waals surface area contributed by atoms with Gasteiger partial charge < -0.3 is 0 Å². The maximum Gasteiger partial charge on any atom is 0.0625 e. The lowest BCUT2D eigenvalue weighted by Crippen LogP contribution is -1.84. The molecule has 0 aromatic carbocycles. The van der Waals surface area contributed by atoms with E-state index in [1.54, 1.807) is 0 Å². The molecule has 1 aromatic rings. The van der Waals surface area contributed by atoms with E-state index in [0.29, 0.717) is 0 Å². The van der Waals surface area contributed by atoms with Crippen LogP contribution in [0.15, 0.2) is 17.3 Å². The van der Waals surface area contributed by atoms with E-state index < -0.39 is 0 Å². The fourth-order valence-electron chi connectivity index (χ4n) is 1.04. The summed E-state index contributed by atoms with van der Waals surface area (Å²) in [4.78, 5) is 1.28. The van der Waals surface area contributed by atoms with E-state index in [1.165, 1.54) is 29.9 Å². The third-order valence-corrected chi connectivity index (χ3v) is 3.33. The Bertz CT molecular complexity index is 237. The fourth-order valence-corrected chi connectivity index (χ4v) is 2.37. The number of rotatable bonds is 6. The molecule has 0 saturated carbocycles. The lowest BCUT2D eigenvalue weighted by atomic mass is 10.3. The van der Waals surface area contributed by atoms with Crippen molar-refractivity contribution < 1.29 is 0 Å². The van der Waals surface area contributed by atoms with Gasteiger partial charge in [0, 0.05) is 23.5 Å². The van der Waals surface area contributed by atoms with Crippen molar-refractivity contribution in [1.82, 2.24) is 9.78 Å². The average Bonchev–Trinajstić information content (AvgIpc) is 2.51. The summed E-state index contributed by atoms with van der Waals surface area (Å²) in [7, 11) is 1.95. The molecule has 0 aliphatic rings. The first-order valence-corrected chi connectivity index (χ1v) is 6.61. The molecule has 0 fully saturated rings. The van der Waals surface area contributed by atoms with Crippen molar-refractivity contribution in [2.75, 3.05) is 11.1 Å². The number of alkyl halides is 1. The van der Waals surface area contributed by atoms with E-state index in [2.05, 4.69) is 27.2 Å². The van der Waals surface area contributed by atoms with Crippen LogP contribution in [0.4, 0.5) is 0 Å². The van der Waals surface area contributed by atoms with E-state index in [0.717, 1.165) is 5.33 Å². The zero-order valence-corrected chi connectivity index (χ0v) is 10.3. The van der Waals surface area contributed by atoms with Crippen LogP contribution in [0, 0.1) is 0 Å². The van der Waals surface area contributed by atoms with Gasteiger partial charge in [0.25, 0.3) is 0 Å². The normalized spacial score (nSPS) is 10.6. The van der Waals surface area contributed by atoms with E-state index in [1.807, 2.05) is 29.7 Å². The van der Waals surface area contributed by atoms with Crippen LogP contribution in [-0.4, -0.2) is 20.9 Å². The Morgan fingerprint density at radius 1 is 1.46 bits per heavy atom. The second-order valence-electron chi connectivity index (χ2n) is 2.95. The molecular weight excluding hydrogens is 248 g/mol. The molecule has 0 atom stereocenters. The smallest absolute Gasteiger partial charge is 0.0625 e. The summed E-state index contributed by atoms with van der Waals surface area (Å²) >= 11 is 5.32. The number of halogens is 1. The van der Waals surface area contributed by atoms with Crippen molar-refractivity contribution in [1.29, 1.82) is 0 Å². The van der Waals surface area contributed by atoms with Crippen LogP contribution in [-0.2, 0) is 7.05 Å². The number of hydrogen-bond acceptors (Lipinski definition) is 2. The minimum absolute atomic E-state index is 1.13. The maximum atomic E-state index is 4.12. The number of aromatic nitrogens is 2. The quantitative estimate of drug-likeness (QED) is 0.446. The number of nitrogens with zero attached hydrogens (tertiary/aromatic N) is 2. The van der Waals surface area contributed by atoms with E-state index in [9.17, 15) is 0 Å². The number of aryl methyl sites for hydroxylation is 1. The third kappa shape index (κ3) is 4.72. The standard InChI is InChI=1S/C9H15BrN2S/c1-12-8-9(7-11-12)13-6-4-2-3-5-10/h7-8H,2-6H2,1H3. The van der Waals surface area contributed by atoms with Crippen molar-refractivity contribution in [2.24, 2.45) is 7.05 Å². The first-order chi connectivity index (χ1) is 6.33. The minimum Gasteiger partial charge on any atom is -0.275 e. The Kier molecular flexibility index (Phi) is 5.55. The van der Waals surface area contributed by atoms with Gasteiger partial charge in [-0.05, 0) is 18.6 Å². The van der Waals surface area contributed by atoms with Crippen LogP contribution >= 0.6 is 27.7 Å². The van der Waals surface area contributed by atoms with E-state index in [4.69, 9.17) is 0 Å². The summed E-state index contributed by atoms with van der Waals surface area (Å²) in [6.07, 6.45) is 7.89. The van der Waals surface area contributed by atoms with Gasteiger partial charge in [0.15, 0.2) is 0 Å². The van der Waals surface area contributed by atoms with Gasteiger partial charge in [-0.25, -0.2) is 0 Å². The molecule has 1 aromatic heterocycles. The van der Waals surface area contributed by atoms with Crippen LogP contribution in [0.3, 0.4) is 0 Å². The lowest BCUT2D eigenvalue weighted by Gasteiger charge is -1.97. The SMILES string of the molecule is Cn1cc(SCCCCCBr)cn1. The fraction of sp³-hybridized carbons (Fsp3) is 0.667. The van der Waals surface area contributed by atoms with Crippen molar-refractivity contribution >= 4 is 27.7 Å². The number of hydrogen-bond donors (Lipinski definition) is 0. The Morgan fingerprint density at radius 3 is 2.92 bits per heavy atom. The Balaban J connectivity index is 2.06. The highest BCUT2D eigenvalue weighted by Crippen LogP contribution is 2.18.